The van der Waals surface area contributed by atoms with Gasteiger partial charge in [0.1, 0.15) is 18.3 Å². The highest BCUT2D eigenvalue weighted by molar-refractivity contribution is 6.31. The minimum atomic E-state index is -0.346. The number of anilines is 3. The number of hydrogen-bond acceptors (Lipinski definition) is 5. The summed E-state index contributed by atoms with van der Waals surface area (Å²) in [5.74, 6) is 0.319. The molecule has 0 bridgehead atoms. The number of rotatable bonds is 8. The van der Waals surface area contributed by atoms with Gasteiger partial charge in [-0.05, 0) is 55.2 Å². The maximum Gasteiger partial charge on any atom is 0.263 e. The highest BCUT2D eigenvalue weighted by Crippen LogP contribution is 2.38. The second-order valence-electron chi connectivity index (χ2n) is 7.74. The predicted octanol–water partition coefficient (Wildman–Crippen LogP) is 5.88. The van der Waals surface area contributed by atoms with Gasteiger partial charge in [0.2, 0.25) is 5.88 Å². The summed E-state index contributed by atoms with van der Waals surface area (Å²) in [4.78, 5) is 26.2. The molecule has 34 heavy (non-hydrogen) atoms. The molecule has 0 saturated carbocycles. The Labute approximate surface area is 203 Å². The number of halogens is 2. The molecule has 0 spiro atoms. The lowest BCUT2D eigenvalue weighted by molar-refractivity contribution is 0.0982. The first-order valence-corrected chi connectivity index (χ1v) is 11.1. The summed E-state index contributed by atoms with van der Waals surface area (Å²) in [7, 11) is 1.55. The van der Waals surface area contributed by atoms with Crippen LogP contribution in [0, 0.1) is 5.82 Å². The molecule has 6 nitrogen and oxygen atoms in total. The zero-order chi connectivity index (χ0) is 24.2. The van der Waals surface area contributed by atoms with Crippen LogP contribution in [0.2, 0.25) is 5.02 Å². The van der Waals surface area contributed by atoms with E-state index in [0.717, 1.165) is 11.3 Å². The Hall–Kier alpha value is -3.71. The van der Waals surface area contributed by atoms with Crippen LogP contribution in [0.15, 0.2) is 67.9 Å². The minimum absolute atomic E-state index is 0.158. The molecule has 8 heteroatoms. The average Bonchev–Trinajstić information content (AvgIpc) is 2.84. The van der Waals surface area contributed by atoms with Crippen molar-refractivity contribution in [1.82, 2.24) is 9.97 Å². The highest BCUT2D eigenvalue weighted by Gasteiger charge is 2.34. The van der Waals surface area contributed by atoms with Gasteiger partial charge in [0.05, 0.1) is 29.1 Å². The van der Waals surface area contributed by atoms with E-state index in [9.17, 15) is 9.18 Å². The largest absolute Gasteiger partial charge is 0.481 e. The van der Waals surface area contributed by atoms with Crippen LogP contribution in [0.4, 0.5) is 21.6 Å². The van der Waals surface area contributed by atoms with Gasteiger partial charge < -0.3 is 9.64 Å². The van der Waals surface area contributed by atoms with Gasteiger partial charge >= 0.3 is 0 Å². The van der Waals surface area contributed by atoms with Crippen LogP contribution >= 0.6 is 11.6 Å². The van der Waals surface area contributed by atoms with Gasteiger partial charge in [0.15, 0.2) is 0 Å². The lowest BCUT2D eigenvalue weighted by Gasteiger charge is -2.38. The molecule has 3 aromatic rings. The standard InChI is InChI=1S/C26H24ClFN4O2/c1-4-6-8-21-23(11-12-24(30-21)34-3)32-16-31(22-10-9-19(28)13-17(22)7-5-2)25-20(26(32)33)14-18(27)15-29-25/h4-5,9-15H,1-2,6-8,16H2,3H3. The molecule has 174 valence electrons. The van der Waals surface area contributed by atoms with E-state index in [1.165, 1.54) is 18.3 Å². The van der Waals surface area contributed by atoms with Crippen molar-refractivity contribution in [1.29, 1.82) is 0 Å². The van der Waals surface area contributed by atoms with Crippen LogP contribution in [0.25, 0.3) is 0 Å². The van der Waals surface area contributed by atoms with E-state index in [1.807, 2.05) is 11.0 Å². The number of allylic oxidation sites excluding steroid dienone is 2. The number of pyridine rings is 2. The van der Waals surface area contributed by atoms with E-state index < -0.39 is 0 Å². The summed E-state index contributed by atoms with van der Waals surface area (Å²) < 4.78 is 19.4. The number of carbonyl (C=O) groups excluding carboxylic acids is 1. The maximum absolute atomic E-state index is 14.1. The maximum atomic E-state index is 14.1. The summed E-state index contributed by atoms with van der Waals surface area (Å²) in [6.45, 7) is 7.74. The van der Waals surface area contributed by atoms with Crippen LogP contribution in [0.1, 0.15) is 28.0 Å². The van der Waals surface area contributed by atoms with Gasteiger partial charge in [-0.2, -0.15) is 0 Å². The van der Waals surface area contributed by atoms with Crippen LogP contribution in [-0.2, 0) is 12.8 Å². The van der Waals surface area contributed by atoms with E-state index in [4.69, 9.17) is 16.3 Å². The number of aromatic nitrogens is 2. The third kappa shape index (κ3) is 4.52. The number of benzene rings is 1. The molecule has 3 heterocycles. The van der Waals surface area contributed by atoms with Crippen LogP contribution in [0.3, 0.4) is 0 Å². The molecule has 1 aliphatic rings. The zero-order valence-electron chi connectivity index (χ0n) is 18.8. The number of methoxy groups -OCH3 is 1. The van der Waals surface area contributed by atoms with E-state index in [0.29, 0.717) is 52.9 Å². The number of hydrogen-bond donors (Lipinski definition) is 0. The normalized spacial score (nSPS) is 13.0. The molecular formula is C26H24ClFN4O2. The Balaban J connectivity index is 1.88. The SMILES string of the molecule is C=CCCc1nc(OC)ccc1N1CN(c2ccc(F)cc2CC=C)c2ncc(Cl)cc2C1=O. The summed E-state index contributed by atoms with van der Waals surface area (Å²) in [5, 5.41) is 0.346. The fourth-order valence-electron chi connectivity index (χ4n) is 3.99. The van der Waals surface area contributed by atoms with Crippen molar-refractivity contribution in [3.63, 3.8) is 0 Å². The topological polar surface area (TPSA) is 58.6 Å². The van der Waals surface area contributed by atoms with E-state index in [2.05, 4.69) is 23.1 Å². The zero-order valence-corrected chi connectivity index (χ0v) is 19.6. The average molecular weight is 479 g/mol. The monoisotopic (exact) mass is 478 g/mol. The van der Waals surface area contributed by atoms with Gasteiger partial charge in [-0.25, -0.2) is 14.4 Å². The first-order valence-electron chi connectivity index (χ1n) is 10.8. The number of fused-ring (bicyclic) bond motifs is 1. The Bertz CT molecular complexity index is 1260. The fourth-order valence-corrected chi connectivity index (χ4v) is 4.15. The van der Waals surface area contributed by atoms with Crippen molar-refractivity contribution >= 4 is 34.7 Å². The number of ether oxygens (including phenoxy) is 1. The minimum Gasteiger partial charge on any atom is -0.481 e. The fraction of sp³-hybridized carbons (Fsp3) is 0.192. The molecule has 0 aliphatic carbocycles. The summed E-state index contributed by atoms with van der Waals surface area (Å²) in [5.41, 5.74) is 3.15. The second-order valence-corrected chi connectivity index (χ2v) is 8.18. The molecule has 0 radical (unpaired) electrons. The Morgan fingerprint density at radius 1 is 1.15 bits per heavy atom. The Kier molecular flexibility index (Phi) is 6.93. The third-order valence-corrected chi connectivity index (χ3v) is 5.76. The Morgan fingerprint density at radius 2 is 1.94 bits per heavy atom. The van der Waals surface area contributed by atoms with Crippen molar-refractivity contribution in [2.24, 2.45) is 0 Å². The van der Waals surface area contributed by atoms with Gasteiger partial charge in [0, 0.05) is 18.0 Å². The predicted molar refractivity (Wildman–Crippen MR) is 133 cm³/mol. The van der Waals surface area contributed by atoms with Gasteiger partial charge in [-0.3, -0.25) is 9.69 Å². The number of nitrogens with zero attached hydrogens (tertiary/aromatic N) is 4. The molecule has 1 aliphatic heterocycles. The van der Waals surface area contributed by atoms with Crippen LogP contribution in [0.5, 0.6) is 5.88 Å². The second kappa shape index (κ2) is 10.1. The summed E-state index contributed by atoms with van der Waals surface area (Å²) in [6, 6.07) is 9.69. The molecule has 0 atom stereocenters. The third-order valence-electron chi connectivity index (χ3n) is 5.55. The lowest BCUT2D eigenvalue weighted by Crippen LogP contribution is -2.46. The van der Waals surface area contributed by atoms with Crippen LogP contribution in [-0.4, -0.2) is 29.7 Å². The molecule has 0 N–H and O–H groups in total. The van der Waals surface area contributed by atoms with E-state index in [1.54, 1.807) is 42.4 Å². The summed E-state index contributed by atoms with van der Waals surface area (Å²) >= 11 is 6.22. The first-order chi connectivity index (χ1) is 16.5. The van der Waals surface area contributed by atoms with Crippen molar-refractivity contribution in [2.75, 3.05) is 23.6 Å². The van der Waals surface area contributed by atoms with Crippen molar-refractivity contribution in [2.45, 2.75) is 19.3 Å². The molecule has 4 rings (SSSR count). The molecule has 1 aromatic carbocycles. The first kappa shape index (κ1) is 23.4. The molecule has 0 unspecified atom stereocenters. The Morgan fingerprint density at radius 3 is 2.68 bits per heavy atom. The number of carbonyl (C=O) groups is 1. The van der Waals surface area contributed by atoms with E-state index >= 15 is 0 Å². The smallest absolute Gasteiger partial charge is 0.263 e. The van der Waals surface area contributed by atoms with Gasteiger partial charge in [-0.1, -0.05) is 23.8 Å². The number of amides is 1. The van der Waals surface area contributed by atoms with Crippen molar-refractivity contribution in [3.05, 3.63) is 95.6 Å². The molecule has 2 aromatic heterocycles. The van der Waals surface area contributed by atoms with Crippen molar-refractivity contribution in [3.8, 4) is 5.88 Å². The molecule has 0 saturated heterocycles. The summed E-state index contributed by atoms with van der Waals surface area (Å²) in [6.07, 6.45) is 6.73. The van der Waals surface area contributed by atoms with Crippen molar-refractivity contribution < 1.29 is 13.9 Å². The lowest BCUT2D eigenvalue weighted by atomic mass is 10.1. The van der Waals surface area contributed by atoms with Gasteiger partial charge in [-0.15, -0.1) is 13.2 Å². The molecule has 0 fully saturated rings. The number of aryl methyl sites for hydroxylation is 1. The van der Waals surface area contributed by atoms with E-state index in [-0.39, 0.29) is 18.4 Å². The molecule has 1 amide bonds. The quantitative estimate of drug-likeness (QED) is 0.378. The van der Waals surface area contributed by atoms with Gasteiger partial charge in [0.25, 0.3) is 5.91 Å². The highest BCUT2D eigenvalue weighted by atomic mass is 35.5. The molecular weight excluding hydrogens is 455 g/mol. The van der Waals surface area contributed by atoms with Crippen LogP contribution < -0.4 is 14.5 Å².